The third-order valence-electron chi connectivity index (χ3n) is 7.70. The number of rotatable bonds is 6. The third kappa shape index (κ3) is 5.57. The molecule has 0 aliphatic carbocycles. The van der Waals surface area contributed by atoms with Gasteiger partial charge in [-0.15, -0.1) is 0 Å². The normalized spacial score (nSPS) is 21.7. The summed E-state index contributed by atoms with van der Waals surface area (Å²) in [5.74, 6) is 1.53. The first-order valence-corrected chi connectivity index (χ1v) is 13.6. The van der Waals surface area contributed by atoms with Crippen molar-refractivity contribution in [2.45, 2.75) is 44.3 Å². The van der Waals surface area contributed by atoms with Crippen molar-refractivity contribution in [3.05, 3.63) is 35.9 Å². The highest BCUT2D eigenvalue weighted by atomic mass is 16.5. The van der Waals surface area contributed by atoms with Gasteiger partial charge in [0.15, 0.2) is 17.0 Å². The summed E-state index contributed by atoms with van der Waals surface area (Å²) < 4.78 is 5.48. The Kier molecular flexibility index (Phi) is 7.34. The van der Waals surface area contributed by atoms with Crippen LogP contribution in [0, 0.1) is 0 Å². The minimum absolute atomic E-state index is 0.0948. The van der Waals surface area contributed by atoms with E-state index in [0.717, 1.165) is 100.0 Å². The fourth-order valence-electron chi connectivity index (χ4n) is 5.64. The number of morpholine rings is 1. The first-order valence-electron chi connectivity index (χ1n) is 13.6. The van der Waals surface area contributed by atoms with Crippen LogP contribution in [0.1, 0.15) is 41.7 Å². The Labute approximate surface area is 222 Å². The van der Waals surface area contributed by atoms with Crippen molar-refractivity contribution in [2.24, 2.45) is 5.73 Å². The number of hydrogen-bond acceptors (Lipinski definition) is 10. The molecule has 1 amide bonds. The highest BCUT2D eigenvalue weighted by molar-refractivity contribution is 5.92. The molecule has 12 nitrogen and oxygen atoms in total. The van der Waals surface area contributed by atoms with Crippen LogP contribution in [0.3, 0.4) is 0 Å². The number of hydrogen-bond donors (Lipinski definition) is 3. The standard InChI is InChI=1S/C26H36N10O2/c27-19-2-1-7-34(16-19)15-18-3-6-28-21(14-18)25(37)31-20-4-8-36(9-5-20)26-32-22-23(33-26)29-17-30-24(22)35-10-12-38-13-11-35/h3,6,14,17,19-20H,1-2,4-5,7-13,15-16,27H2,(H,31,37)(H,29,30,32,33). The SMILES string of the molecule is NC1CCCN(Cc2ccnc(C(=O)NC3CCN(c4nc5c(N6CCOCC6)ncnc5[nH]4)CC3)c2)C1. The van der Waals surface area contributed by atoms with Gasteiger partial charge in [0.05, 0.1) is 13.2 Å². The largest absolute Gasteiger partial charge is 0.378 e. The molecule has 12 heteroatoms. The highest BCUT2D eigenvalue weighted by Crippen LogP contribution is 2.26. The van der Waals surface area contributed by atoms with E-state index in [1.54, 1.807) is 12.5 Å². The Morgan fingerprint density at radius 3 is 2.74 bits per heavy atom. The molecule has 4 N–H and O–H groups in total. The molecule has 1 atom stereocenters. The van der Waals surface area contributed by atoms with Gasteiger partial charge < -0.3 is 30.6 Å². The number of carbonyl (C=O) groups excluding carboxylic acids is 1. The van der Waals surface area contributed by atoms with Gasteiger partial charge in [0, 0.05) is 57.5 Å². The Balaban J connectivity index is 1.05. The number of piperidine rings is 2. The number of aromatic amines is 1. The molecule has 0 radical (unpaired) electrons. The fraction of sp³-hybridized carbons (Fsp3) is 0.577. The van der Waals surface area contributed by atoms with Gasteiger partial charge in [0.1, 0.15) is 12.0 Å². The molecule has 6 heterocycles. The molecular formula is C26H36N10O2. The van der Waals surface area contributed by atoms with Gasteiger partial charge in [-0.05, 0) is 49.9 Å². The van der Waals surface area contributed by atoms with Crippen molar-refractivity contribution in [3.63, 3.8) is 0 Å². The maximum atomic E-state index is 13.0. The minimum Gasteiger partial charge on any atom is -0.378 e. The van der Waals surface area contributed by atoms with Crippen molar-refractivity contribution < 1.29 is 9.53 Å². The van der Waals surface area contributed by atoms with Crippen molar-refractivity contribution in [1.82, 2.24) is 35.1 Å². The fourth-order valence-corrected chi connectivity index (χ4v) is 5.64. The van der Waals surface area contributed by atoms with Crippen molar-refractivity contribution in [2.75, 3.05) is 62.3 Å². The van der Waals surface area contributed by atoms with E-state index in [0.29, 0.717) is 18.9 Å². The number of anilines is 2. The predicted molar refractivity (Wildman–Crippen MR) is 144 cm³/mol. The van der Waals surface area contributed by atoms with E-state index in [1.807, 2.05) is 12.1 Å². The van der Waals surface area contributed by atoms with Crippen LogP contribution in [-0.4, -0.2) is 100 Å². The monoisotopic (exact) mass is 520 g/mol. The Bertz CT molecular complexity index is 1250. The molecule has 3 aliphatic rings. The van der Waals surface area contributed by atoms with Crippen molar-refractivity contribution in [1.29, 1.82) is 0 Å². The zero-order valence-electron chi connectivity index (χ0n) is 21.7. The lowest BCUT2D eigenvalue weighted by molar-refractivity contribution is 0.0925. The van der Waals surface area contributed by atoms with Gasteiger partial charge in [-0.25, -0.2) is 15.0 Å². The first kappa shape index (κ1) is 25.0. The van der Waals surface area contributed by atoms with Crippen molar-refractivity contribution in [3.8, 4) is 0 Å². The highest BCUT2D eigenvalue weighted by Gasteiger charge is 2.25. The summed E-state index contributed by atoms with van der Waals surface area (Å²) in [5.41, 5.74) is 9.22. The average Bonchev–Trinajstić information content (AvgIpc) is 3.39. The maximum Gasteiger partial charge on any atom is 0.270 e. The minimum atomic E-state index is -0.116. The van der Waals surface area contributed by atoms with Crippen LogP contribution in [0.25, 0.3) is 11.2 Å². The van der Waals surface area contributed by atoms with E-state index < -0.39 is 0 Å². The van der Waals surface area contributed by atoms with Crippen LogP contribution in [0.2, 0.25) is 0 Å². The lowest BCUT2D eigenvalue weighted by Crippen LogP contribution is -2.45. The van der Waals surface area contributed by atoms with Crippen LogP contribution >= 0.6 is 0 Å². The van der Waals surface area contributed by atoms with E-state index in [9.17, 15) is 4.79 Å². The molecule has 3 aliphatic heterocycles. The van der Waals surface area contributed by atoms with E-state index in [-0.39, 0.29) is 18.0 Å². The summed E-state index contributed by atoms with van der Waals surface area (Å²) in [6, 6.07) is 4.22. The number of nitrogens with two attached hydrogens (primary N) is 1. The number of likely N-dealkylation sites (tertiary alicyclic amines) is 1. The average molecular weight is 521 g/mol. The Morgan fingerprint density at radius 2 is 1.92 bits per heavy atom. The van der Waals surface area contributed by atoms with E-state index in [4.69, 9.17) is 15.5 Å². The number of fused-ring (bicyclic) bond motifs is 1. The molecule has 3 saturated heterocycles. The lowest BCUT2D eigenvalue weighted by Gasteiger charge is -2.32. The molecule has 38 heavy (non-hydrogen) atoms. The molecule has 3 aromatic heterocycles. The topological polar surface area (TPSA) is 141 Å². The molecule has 3 aromatic rings. The van der Waals surface area contributed by atoms with Crippen LogP contribution in [0.5, 0.6) is 0 Å². The quantitative estimate of drug-likeness (QED) is 0.429. The number of ether oxygens (including phenoxy) is 1. The summed E-state index contributed by atoms with van der Waals surface area (Å²) in [7, 11) is 0. The molecular weight excluding hydrogens is 484 g/mol. The number of imidazole rings is 1. The van der Waals surface area contributed by atoms with E-state index >= 15 is 0 Å². The first-order chi connectivity index (χ1) is 18.6. The van der Waals surface area contributed by atoms with E-state index in [2.05, 4.69) is 40.0 Å². The summed E-state index contributed by atoms with van der Waals surface area (Å²) in [6.07, 6.45) is 7.17. The predicted octanol–water partition coefficient (Wildman–Crippen LogP) is 0.906. The van der Waals surface area contributed by atoms with Crippen LogP contribution < -0.4 is 20.9 Å². The summed E-state index contributed by atoms with van der Waals surface area (Å²) in [5, 5.41) is 3.19. The zero-order valence-corrected chi connectivity index (χ0v) is 21.7. The smallest absolute Gasteiger partial charge is 0.270 e. The third-order valence-corrected chi connectivity index (χ3v) is 7.70. The lowest BCUT2D eigenvalue weighted by atomic mass is 10.0. The molecule has 0 spiro atoms. The van der Waals surface area contributed by atoms with Gasteiger partial charge in [-0.2, -0.15) is 0 Å². The second kappa shape index (κ2) is 11.2. The molecule has 1 unspecified atom stereocenters. The zero-order chi connectivity index (χ0) is 25.9. The van der Waals surface area contributed by atoms with Gasteiger partial charge in [0.25, 0.3) is 5.91 Å². The maximum absolute atomic E-state index is 13.0. The summed E-state index contributed by atoms with van der Waals surface area (Å²) in [4.78, 5) is 41.2. The Hall–Kier alpha value is -3.35. The molecule has 3 fully saturated rings. The molecule has 0 saturated carbocycles. The molecule has 6 rings (SSSR count). The summed E-state index contributed by atoms with van der Waals surface area (Å²) >= 11 is 0. The van der Waals surface area contributed by atoms with Gasteiger partial charge in [-0.3, -0.25) is 14.7 Å². The molecule has 202 valence electrons. The second-order valence-electron chi connectivity index (χ2n) is 10.5. The number of H-pyrrole nitrogens is 1. The van der Waals surface area contributed by atoms with E-state index in [1.165, 1.54) is 0 Å². The van der Waals surface area contributed by atoms with Crippen molar-refractivity contribution >= 4 is 28.8 Å². The number of carbonyl (C=O) groups is 1. The van der Waals surface area contributed by atoms with Crippen LogP contribution in [-0.2, 0) is 11.3 Å². The number of pyridine rings is 1. The molecule has 0 bridgehead atoms. The number of amides is 1. The summed E-state index contributed by atoms with van der Waals surface area (Å²) in [6.45, 7) is 7.28. The second-order valence-corrected chi connectivity index (χ2v) is 10.5. The Morgan fingerprint density at radius 1 is 1.08 bits per heavy atom. The molecule has 0 aromatic carbocycles. The van der Waals surface area contributed by atoms with Gasteiger partial charge >= 0.3 is 0 Å². The van der Waals surface area contributed by atoms with Gasteiger partial charge in [0.2, 0.25) is 5.95 Å². The van der Waals surface area contributed by atoms with Gasteiger partial charge in [-0.1, -0.05) is 0 Å². The number of nitrogens with one attached hydrogen (secondary N) is 2. The number of aromatic nitrogens is 5. The van der Waals surface area contributed by atoms with Crippen LogP contribution in [0.15, 0.2) is 24.7 Å². The number of nitrogens with zero attached hydrogens (tertiary/aromatic N) is 7. The van der Waals surface area contributed by atoms with Crippen LogP contribution in [0.4, 0.5) is 11.8 Å².